The van der Waals surface area contributed by atoms with Gasteiger partial charge < -0.3 is 4.90 Å². The topological polar surface area (TPSA) is 20.3 Å². The molecule has 80 valence electrons. The number of likely N-dealkylation sites (tertiary alicyclic amines) is 1. The zero-order valence-electron chi connectivity index (χ0n) is 9.20. The summed E-state index contributed by atoms with van der Waals surface area (Å²) in [6.07, 6.45) is 2.70. The minimum absolute atomic E-state index is 0.307. The first-order valence-electron chi connectivity index (χ1n) is 5.59. The number of aryl methyl sites for hydroxylation is 2. The zero-order chi connectivity index (χ0) is 10.7. The van der Waals surface area contributed by atoms with E-state index in [9.17, 15) is 4.79 Å². The van der Waals surface area contributed by atoms with E-state index in [0.29, 0.717) is 12.3 Å². The van der Waals surface area contributed by atoms with Gasteiger partial charge in [0.2, 0.25) is 5.91 Å². The van der Waals surface area contributed by atoms with Gasteiger partial charge in [-0.1, -0.05) is 29.8 Å². The molecule has 1 heterocycles. The Labute approximate surface area is 90.9 Å². The molecule has 0 spiro atoms. The number of nitrogens with zero attached hydrogens (tertiary/aromatic N) is 1. The monoisotopic (exact) mass is 203 g/mol. The van der Waals surface area contributed by atoms with E-state index >= 15 is 0 Å². The molecule has 1 saturated heterocycles. The van der Waals surface area contributed by atoms with Crippen LogP contribution >= 0.6 is 0 Å². The van der Waals surface area contributed by atoms with Gasteiger partial charge >= 0.3 is 0 Å². The fourth-order valence-corrected chi connectivity index (χ4v) is 1.73. The van der Waals surface area contributed by atoms with Gasteiger partial charge in [-0.25, -0.2) is 0 Å². The summed E-state index contributed by atoms with van der Waals surface area (Å²) in [6.45, 7) is 4.01. The SMILES string of the molecule is Cc1ccc(CCC(=O)N2CCC2)cc1. The van der Waals surface area contributed by atoms with Gasteiger partial charge in [-0.2, -0.15) is 0 Å². The molecule has 2 rings (SSSR count). The van der Waals surface area contributed by atoms with Crippen LogP contribution in [0.25, 0.3) is 0 Å². The molecule has 0 unspecified atom stereocenters. The normalized spacial score (nSPS) is 14.9. The van der Waals surface area contributed by atoms with Crippen molar-refractivity contribution in [3.8, 4) is 0 Å². The minimum atomic E-state index is 0.307. The van der Waals surface area contributed by atoms with E-state index < -0.39 is 0 Å². The lowest BCUT2D eigenvalue weighted by atomic mass is 10.1. The van der Waals surface area contributed by atoms with Gasteiger partial charge in [-0.05, 0) is 25.3 Å². The number of hydrogen-bond acceptors (Lipinski definition) is 1. The molecule has 1 aromatic rings. The Balaban J connectivity index is 1.82. The second kappa shape index (κ2) is 4.47. The molecule has 15 heavy (non-hydrogen) atoms. The summed E-state index contributed by atoms with van der Waals surface area (Å²) in [7, 11) is 0. The molecule has 0 N–H and O–H groups in total. The highest BCUT2D eigenvalue weighted by Gasteiger charge is 2.19. The van der Waals surface area contributed by atoms with Crippen LogP contribution in [-0.4, -0.2) is 23.9 Å². The lowest BCUT2D eigenvalue weighted by Crippen LogP contribution is -2.42. The molecule has 0 saturated carbocycles. The van der Waals surface area contributed by atoms with E-state index in [1.165, 1.54) is 17.5 Å². The van der Waals surface area contributed by atoms with Crippen molar-refractivity contribution in [2.24, 2.45) is 0 Å². The van der Waals surface area contributed by atoms with E-state index in [-0.39, 0.29) is 0 Å². The van der Waals surface area contributed by atoms with Gasteiger partial charge in [0.1, 0.15) is 0 Å². The lowest BCUT2D eigenvalue weighted by molar-refractivity contribution is -0.134. The molecule has 0 atom stereocenters. The third-order valence-corrected chi connectivity index (χ3v) is 2.96. The fourth-order valence-electron chi connectivity index (χ4n) is 1.73. The number of hydrogen-bond donors (Lipinski definition) is 0. The van der Waals surface area contributed by atoms with Crippen LogP contribution in [0.1, 0.15) is 24.0 Å². The second-order valence-electron chi connectivity index (χ2n) is 4.22. The van der Waals surface area contributed by atoms with Gasteiger partial charge in [0.25, 0.3) is 0 Å². The predicted molar refractivity (Wildman–Crippen MR) is 60.7 cm³/mol. The van der Waals surface area contributed by atoms with Crippen LogP contribution in [0.4, 0.5) is 0 Å². The Kier molecular flexibility index (Phi) is 3.05. The highest BCUT2D eigenvalue weighted by atomic mass is 16.2. The zero-order valence-corrected chi connectivity index (χ0v) is 9.20. The molecule has 2 nitrogen and oxygen atoms in total. The summed E-state index contributed by atoms with van der Waals surface area (Å²) in [6, 6.07) is 8.42. The van der Waals surface area contributed by atoms with Gasteiger partial charge in [-0.3, -0.25) is 4.79 Å². The minimum Gasteiger partial charge on any atom is -0.343 e. The van der Waals surface area contributed by atoms with E-state index in [1.807, 2.05) is 4.90 Å². The van der Waals surface area contributed by atoms with Crippen LogP contribution in [0.5, 0.6) is 0 Å². The van der Waals surface area contributed by atoms with E-state index in [2.05, 4.69) is 31.2 Å². The quantitative estimate of drug-likeness (QED) is 0.737. The largest absolute Gasteiger partial charge is 0.343 e. The molecular weight excluding hydrogens is 186 g/mol. The van der Waals surface area contributed by atoms with Crippen molar-refractivity contribution in [3.05, 3.63) is 35.4 Å². The Bertz CT molecular complexity index is 338. The number of carbonyl (C=O) groups excluding carboxylic acids is 1. The molecule has 1 aromatic carbocycles. The van der Waals surface area contributed by atoms with Crippen LogP contribution in [0.3, 0.4) is 0 Å². The maximum Gasteiger partial charge on any atom is 0.222 e. The molecule has 2 heteroatoms. The third kappa shape index (κ3) is 2.58. The van der Waals surface area contributed by atoms with Crippen LogP contribution in [0.2, 0.25) is 0 Å². The Morgan fingerprint density at radius 3 is 2.47 bits per heavy atom. The summed E-state index contributed by atoms with van der Waals surface area (Å²) in [5.74, 6) is 0.307. The van der Waals surface area contributed by atoms with E-state index in [1.54, 1.807) is 0 Å². The standard InChI is InChI=1S/C13H17NO/c1-11-3-5-12(6-4-11)7-8-13(15)14-9-2-10-14/h3-6H,2,7-10H2,1H3. The van der Waals surface area contributed by atoms with Crippen LogP contribution in [0.15, 0.2) is 24.3 Å². The highest BCUT2D eigenvalue weighted by molar-refractivity contribution is 5.77. The molecular formula is C13H17NO. The summed E-state index contributed by atoms with van der Waals surface area (Å²) < 4.78 is 0. The van der Waals surface area contributed by atoms with E-state index in [0.717, 1.165) is 19.5 Å². The number of benzene rings is 1. The Morgan fingerprint density at radius 1 is 1.27 bits per heavy atom. The smallest absolute Gasteiger partial charge is 0.222 e. The van der Waals surface area contributed by atoms with Crippen molar-refractivity contribution in [1.82, 2.24) is 4.90 Å². The molecule has 1 amide bonds. The maximum absolute atomic E-state index is 11.6. The molecule has 1 fully saturated rings. The molecule has 1 aliphatic rings. The second-order valence-corrected chi connectivity index (χ2v) is 4.22. The first-order chi connectivity index (χ1) is 7.25. The summed E-state index contributed by atoms with van der Waals surface area (Å²) in [5, 5.41) is 0. The van der Waals surface area contributed by atoms with Crippen molar-refractivity contribution in [3.63, 3.8) is 0 Å². The Hall–Kier alpha value is -1.31. The number of rotatable bonds is 3. The van der Waals surface area contributed by atoms with Crippen LogP contribution in [0, 0.1) is 6.92 Å². The van der Waals surface area contributed by atoms with Crippen molar-refractivity contribution < 1.29 is 4.79 Å². The fraction of sp³-hybridized carbons (Fsp3) is 0.462. The third-order valence-electron chi connectivity index (χ3n) is 2.96. The van der Waals surface area contributed by atoms with Crippen molar-refractivity contribution in [1.29, 1.82) is 0 Å². The van der Waals surface area contributed by atoms with Crippen LogP contribution in [-0.2, 0) is 11.2 Å². The predicted octanol–water partition coefficient (Wildman–Crippen LogP) is 2.16. The molecule has 0 radical (unpaired) electrons. The number of carbonyl (C=O) groups is 1. The van der Waals surface area contributed by atoms with Crippen LogP contribution < -0.4 is 0 Å². The molecule has 1 aliphatic heterocycles. The summed E-state index contributed by atoms with van der Waals surface area (Å²) in [4.78, 5) is 13.5. The van der Waals surface area contributed by atoms with Crippen molar-refractivity contribution in [2.75, 3.05) is 13.1 Å². The summed E-state index contributed by atoms with van der Waals surface area (Å²) in [5.41, 5.74) is 2.53. The van der Waals surface area contributed by atoms with Gasteiger partial charge in [-0.15, -0.1) is 0 Å². The van der Waals surface area contributed by atoms with Gasteiger partial charge in [0, 0.05) is 19.5 Å². The average Bonchev–Trinajstić information content (AvgIpc) is 2.14. The molecule has 0 aromatic heterocycles. The first kappa shape index (κ1) is 10.2. The lowest BCUT2D eigenvalue weighted by Gasteiger charge is -2.30. The van der Waals surface area contributed by atoms with Crippen molar-refractivity contribution in [2.45, 2.75) is 26.2 Å². The van der Waals surface area contributed by atoms with Gasteiger partial charge in [0.15, 0.2) is 0 Å². The first-order valence-corrected chi connectivity index (χ1v) is 5.59. The number of amides is 1. The van der Waals surface area contributed by atoms with Gasteiger partial charge in [0.05, 0.1) is 0 Å². The Morgan fingerprint density at radius 2 is 1.93 bits per heavy atom. The summed E-state index contributed by atoms with van der Waals surface area (Å²) >= 11 is 0. The highest BCUT2D eigenvalue weighted by Crippen LogP contribution is 2.11. The molecule has 0 bridgehead atoms. The maximum atomic E-state index is 11.6. The van der Waals surface area contributed by atoms with Crippen molar-refractivity contribution >= 4 is 5.91 Å². The molecule has 0 aliphatic carbocycles. The van der Waals surface area contributed by atoms with E-state index in [4.69, 9.17) is 0 Å². The average molecular weight is 203 g/mol.